The molecule has 0 saturated carbocycles. The van der Waals surface area contributed by atoms with Gasteiger partial charge >= 0.3 is 5.97 Å². The Morgan fingerprint density at radius 2 is 1.30 bits per heavy atom. The van der Waals surface area contributed by atoms with E-state index in [4.69, 9.17) is 0 Å². The first kappa shape index (κ1) is 21.2. The second-order valence-corrected chi connectivity index (χ2v) is 7.50. The Bertz CT molecular complexity index is 701. The molecule has 0 spiro atoms. The smallest absolute Gasteiger partial charge is 0.336 e. The Kier molecular flexibility index (Phi) is 9.10. The van der Waals surface area contributed by atoms with Gasteiger partial charge in [0.25, 0.3) is 0 Å². The van der Waals surface area contributed by atoms with Crippen LogP contribution in [-0.4, -0.2) is 11.1 Å². The van der Waals surface area contributed by atoms with Crippen molar-refractivity contribution < 1.29 is 9.90 Å². The predicted octanol–water partition coefficient (Wildman–Crippen LogP) is 7.30. The van der Waals surface area contributed by atoms with Gasteiger partial charge in [0, 0.05) is 0 Å². The van der Waals surface area contributed by atoms with Crippen molar-refractivity contribution in [3.05, 3.63) is 59.2 Å². The quantitative estimate of drug-likeness (QED) is 0.400. The van der Waals surface area contributed by atoms with Crippen molar-refractivity contribution in [3.63, 3.8) is 0 Å². The van der Waals surface area contributed by atoms with Crippen molar-refractivity contribution in [2.45, 2.75) is 78.1 Å². The molecule has 0 atom stereocenters. The zero-order chi connectivity index (χ0) is 19.5. The van der Waals surface area contributed by atoms with E-state index in [2.05, 4.69) is 44.2 Å². The highest BCUT2D eigenvalue weighted by Crippen LogP contribution is 2.27. The molecule has 2 aromatic carbocycles. The number of aromatic carboxylic acids is 1. The molecule has 27 heavy (non-hydrogen) atoms. The number of rotatable bonds is 12. The van der Waals surface area contributed by atoms with Crippen LogP contribution in [0.15, 0.2) is 42.5 Å². The Balaban J connectivity index is 2.12. The molecule has 0 unspecified atom stereocenters. The SMILES string of the molecule is CCCCCCCc1ccc(C(=O)O)c(-c2ccc(CCCCC)cc2)c1. The highest BCUT2D eigenvalue weighted by Gasteiger charge is 2.12. The summed E-state index contributed by atoms with van der Waals surface area (Å²) in [4.78, 5) is 11.7. The van der Waals surface area contributed by atoms with Crippen LogP contribution in [0.2, 0.25) is 0 Å². The molecule has 2 nitrogen and oxygen atoms in total. The molecule has 0 bridgehead atoms. The first-order chi connectivity index (χ1) is 13.2. The fraction of sp³-hybridized carbons (Fsp3) is 0.480. The lowest BCUT2D eigenvalue weighted by Crippen LogP contribution is -2.01. The Morgan fingerprint density at radius 3 is 1.96 bits per heavy atom. The molecule has 2 rings (SSSR count). The van der Waals surface area contributed by atoms with Crippen LogP contribution >= 0.6 is 0 Å². The van der Waals surface area contributed by atoms with E-state index >= 15 is 0 Å². The normalized spacial score (nSPS) is 10.9. The van der Waals surface area contributed by atoms with Gasteiger partial charge in [0.05, 0.1) is 5.56 Å². The molecule has 2 heteroatoms. The highest BCUT2D eigenvalue weighted by molar-refractivity contribution is 5.96. The summed E-state index contributed by atoms with van der Waals surface area (Å²) in [5.41, 5.74) is 4.80. The average molecular weight is 367 g/mol. The van der Waals surface area contributed by atoms with Crippen LogP contribution in [0.25, 0.3) is 11.1 Å². The van der Waals surface area contributed by atoms with Crippen LogP contribution in [0, 0.1) is 0 Å². The predicted molar refractivity (Wildman–Crippen MR) is 115 cm³/mol. The molecule has 0 aliphatic rings. The van der Waals surface area contributed by atoms with Gasteiger partial charge in [-0.3, -0.25) is 0 Å². The van der Waals surface area contributed by atoms with Crippen LogP contribution in [0.3, 0.4) is 0 Å². The van der Waals surface area contributed by atoms with E-state index < -0.39 is 5.97 Å². The van der Waals surface area contributed by atoms with Gasteiger partial charge in [-0.05, 0) is 54.0 Å². The number of hydrogen-bond donors (Lipinski definition) is 1. The summed E-state index contributed by atoms with van der Waals surface area (Å²) < 4.78 is 0. The summed E-state index contributed by atoms with van der Waals surface area (Å²) in [6.07, 6.45) is 12.1. The summed E-state index contributed by atoms with van der Waals surface area (Å²) in [6.45, 7) is 4.44. The first-order valence-electron chi connectivity index (χ1n) is 10.6. The fourth-order valence-corrected chi connectivity index (χ4v) is 3.54. The maximum atomic E-state index is 11.7. The van der Waals surface area contributed by atoms with Crippen LogP contribution in [0.4, 0.5) is 0 Å². The molecule has 1 N–H and O–H groups in total. The van der Waals surface area contributed by atoms with Gasteiger partial charge in [0.2, 0.25) is 0 Å². The molecule has 0 radical (unpaired) electrons. The topological polar surface area (TPSA) is 37.3 Å². The Labute approximate surface area is 164 Å². The van der Waals surface area contributed by atoms with Crippen LogP contribution in [-0.2, 0) is 12.8 Å². The minimum Gasteiger partial charge on any atom is -0.478 e. The molecule has 0 aliphatic heterocycles. The van der Waals surface area contributed by atoms with Crippen molar-refractivity contribution in [1.29, 1.82) is 0 Å². The number of hydrogen-bond acceptors (Lipinski definition) is 1. The Morgan fingerprint density at radius 1 is 0.741 bits per heavy atom. The van der Waals surface area contributed by atoms with Crippen LogP contribution in [0.1, 0.15) is 86.7 Å². The largest absolute Gasteiger partial charge is 0.478 e. The number of unbranched alkanes of at least 4 members (excludes halogenated alkanes) is 6. The molecule has 0 aliphatic carbocycles. The summed E-state index contributed by atoms with van der Waals surface area (Å²) >= 11 is 0. The first-order valence-corrected chi connectivity index (χ1v) is 10.6. The summed E-state index contributed by atoms with van der Waals surface area (Å²) in [5.74, 6) is -0.855. The third-order valence-electron chi connectivity index (χ3n) is 5.22. The van der Waals surface area contributed by atoms with E-state index in [9.17, 15) is 9.90 Å². The number of aryl methyl sites for hydroxylation is 2. The van der Waals surface area contributed by atoms with E-state index in [1.54, 1.807) is 6.07 Å². The van der Waals surface area contributed by atoms with E-state index in [0.29, 0.717) is 5.56 Å². The van der Waals surface area contributed by atoms with E-state index in [1.165, 1.54) is 62.5 Å². The van der Waals surface area contributed by atoms with Gasteiger partial charge in [-0.15, -0.1) is 0 Å². The molecule has 146 valence electrons. The van der Waals surface area contributed by atoms with Crippen LogP contribution < -0.4 is 0 Å². The average Bonchev–Trinajstić information content (AvgIpc) is 2.68. The Hall–Kier alpha value is -2.09. The minimum absolute atomic E-state index is 0.392. The molecule has 0 fully saturated rings. The maximum absolute atomic E-state index is 11.7. The maximum Gasteiger partial charge on any atom is 0.336 e. The molecule has 0 saturated heterocycles. The van der Waals surface area contributed by atoms with E-state index in [1.807, 2.05) is 6.07 Å². The number of carbonyl (C=O) groups is 1. The molecular weight excluding hydrogens is 332 g/mol. The lowest BCUT2D eigenvalue weighted by atomic mass is 9.94. The van der Waals surface area contributed by atoms with Crippen molar-refractivity contribution >= 4 is 5.97 Å². The highest BCUT2D eigenvalue weighted by atomic mass is 16.4. The van der Waals surface area contributed by atoms with Gasteiger partial charge in [-0.2, -0.15) is 0 Å². The van der Waals surface area contributed by atoms with Crippen LogP contribution in [0.5, 0.6) is 0 Å². The molecule has 0 aromatic heterocycles. The lowest BCUT2D eigenvalue weighted by molar-refractivity contribution is 0.0697. The minimum atomic E-state index is -0.855. The van der Waals surface area contributed by atoms with Gasteiger partial charge in [-0.1, -0.05) is 88.8 Å². The standard InChI is InChI=1S/C25H34O2/c1-3-5-7-8-10-12-21-15-18-23(25(26)27)24(19-21)22-16-13-20(14-17-22)11-9-6-4-2/h13-19H,3-12H2,1-2H3,(H,26,27). The monoisotopic (exact) mass is 366 g/mol. The number of carboxylic acids is 1. The lowest BCUT2D eigenvalue weighted by Gasteiger charge is -2.11. The molecule has 0 amide bonds. The molecule has 2 aromatic rings. The zero-order valence-electron chi connectivity index (χ0n) is 17.0. The van der Waals surface area contributed by atoms with E-state index in [0.717, 1.165) is 24.0 Å². The van der Waals surface area contributed by atoms with Crippen molar-refractivity contribution in [1.82, 2.24) is 0 Å². The summed E-state index contributed by atoms with van der Waals surface area (Å²) in [5, 5.41) is 9.59. The number of carboxylic acid groups (broad SMARTS) is 1. The molecular formula is C25H34O2. The van der Waals surface area contributed by atoms with Gasteiger partial charge in [0.15, 0.2) is 0 Å². The third kappa shape index (κ3) is 6.86. The fourth-order valence-electron chi connectivity index (χ4n) is 3.54. The van der Waals surface area contributed by atoms with Crippen molar-refractivity contribution in [2.24, 2.45) is 0 Å². The summed E-state index contributed by atoms with van der Waals surface area (Å²) in [7, 11) is 0. The second kappa shape index (κ2) is 11.6. The van der Waals surface area contributed by atoms with Crippen molar-refractivity contribution in [3.8, 4) is 11.1 Å². The van der Waals surface area contributed by atoms with Crippen molar-refractivity contribution in [2.75, 3.05) is 0 Å². The van der Waals surface area contributed by atoms with E-state index in [-0.39, 0.29) is 0 Å². The number of benzene rings is 2. The van der Waals surface area contributed by atoms with Gasteiger partial charge in [0.1, 0.15) is 0 Å². The zero-order valence-corrected chi connectivity index (χ0v) is 17.0. The third-order valence-corrected chi connectivity index (χ3v) is 5.22. The van der Waals surface area contributed by atoms with Gasteiger partial charge < -0.3 is 5.11 Å². The van der Waals surface area contributed by atoms with Gasteiger partial charge in [-0.25, -0.2) is 4.79 Å². The molecule has 0 heterocycles. The second-order valence-electron chi connectivity index (χ2n) is 7.50. The summed E-state index contributed by atoms with van der Waals surface area (Å²) in [6, 6.07) is 14.3.